The fourth-order valence-corrected chi connectivity index (χ4v) is 3.99. The van der Waals surface area contributed by atoms with Crippen LogP contribution in [0.1, 0.15) is 23.2 Å². The molecule has 1 aliphatic heterocycles. The highest BCUT2D eigenvalue weighted by Crippen LogP contribution is 2.30. The van der Waals surface area contributed by atoms with Crippen LogP contribution < -0.4 is 10.1 Å². The van der Waals surface area contributed by atoms with Gasteiger partial charge in [-0.05, 0) is 42.5 Å². The lowest BCUT2D eigenvalue weighted by Crippen LogP contribution is -2.43. The van der Waals surface area contributed by atoms with E-state index in [2.05, 4.69) is 10.3 Å². The van der Waals surface area contributed by atoms with Gasteiger partial charge in [-0.1, -0.05) is 35.9 Å². The number of nitrogens with one attached hydrogen (secondary N) is 1. The summed E-state index contributed by atoms with van der Waals surface area (Å²) in [6, 6.07) is 14.6. The van der Waals surface area contributed by atoms with Crippen molar-refractivity contribution in [1.82, 2.24) is 9.88 Å². The van der Waals surface area contributed by atoms with Gasteiger partial charge >= 0.3 is 0 Å². The first-order chi connectivity index (χ1) is 14.6. The highest BCUT2D eigenvalue weighted by atomic mass is 35.5. The fourth-order valence-electron chi connectivity index (χ4n) is 3.88. The number of benzene rings is 2. The van der Waals surface area contributed by atoms with Crippen molar-refractivity contribution >= 4 is 39.9 Å². The van der Waals surface area contributed by atoms with E-state index in [4.69, 9.17) is 16.3 Å². The topological polar surface area (TPSA) is 71.5 Å². The van der Waals surface area contributed by atoms with Crippen LogP contribution >= 0.6 is 11.6 Å². The summed E-state index contributed by atoms with van der Waals surface area (Å²) in [5.74, 6) is 0.272. The predicted octanol–water partition coefficient (Wildman–Crippen LogP) is 4.39. The summed E-state index contributed by atoms with van der Waals surface area (Å²) in [5.41, 5.74) is 1.21. The van der Waals surface area contributed by atoms with Crippen LogP contribution in [-0.4, -0.2) is 41.9 Å². The maximum absolute atomic E-state index is 13.3. The maximum Gasteiger partial charge on any atom is 0.254 e. The van der Waals surface area contributed by atoms with Gasteiger partial charge in [-0.3, -0.25) is 9.59 Å². The summed E-state index contributed by atoms with van der Waals surface area (Å²) in [7, 11) is 1.62. The quantitative estimate of drug-likeness (QED) is 0.632. The van der Waals surface area contributed by atoms with Gasteiger partial charge in [0.05, 0.1) is 24.9 Å². The summed E-state index contributed by atoms with van der Waals surface area (Å²) < 4.78 is 5.43. The van der Waals surface area contributed by atoms with Gasteiger partial charge < -0.3 is 15.0 Å². The Morgan fingerprint density at radius 3 is 2.67 bits per heavy atom. The summed E-state index contributed by atoms with van der Waals surface area (Å²) in [4.78, 5) is 31.8. The lowest BCUT2D eigenvalue weighted by Gasteiger charge is -2.32. The predicted molar refractivity (Wildman–Crippen MR) is 117 cm³/mol. The molecule has 0 radical (unpaired) electrons. The van der Waals surface area contributed by atoms with E-state index in [1.807, 2.05) is 30.3 Å². The van der Waals surface area contributed by atoms with Crippen LogP contribution in [0.5, 0.6) is 5.75 Å². The molecule has 154 valence electrons. The van der Waals surface area contributed by atoms with Gasteiger partial charge in [-0.2, -0.15) is 0 Å². The minimum Gasteiger partial charge on any atom is -0.496 e. The minimum atomic E-state index is -0.275. The van der Waals surface area contributed by atoms with Crippen LogP contribution in [0.2, 0.25) is 5.15 Å². The van der Waals surface area contributed by atoms with E-state index >= 15 is 0 Å². The number of amides is 2. The smallest absolute Gasteiger partial charge is 0.254 e. The number of ether oxygens (including phenoxy) is 1. The molecule has 6 nitrogen and oxygen atoms in total. The Bertz CT molecular complexity index is 1080. The molecule has 1 aromatic heterocycles. The minimum absolute atomic E-state index is 0.0699. The second kappa shape index (κ2) is 8.71. The molecule has 3 aromatic rings. The zero-order valence-electron chi connectivity index (χ0n) is 16.6. The third-order valence-electron chi connectivity index (χ3n) is 5.41. The van der Waals surface area contributed by atoms with Gasteiger partial charge in [0.15, 0.2) is 0 Å². The maximum atomic E-state index is 13.3. The van der Waals surface area contributed by atoms with Crippen molar-refractivity contribution in [3.63, 3.8) is 0 Å². The zero-order chi connectivity index (χ0) is 21.1. The third kappa shape index (κ3) is 4.09. The van der Waals surface area contributed by atoms with E-state index in [-0.39, 0.29) is 17.7 Å². The average molecular weight is 424 g/mol. The molecule has 1 atom stereocenters. The molecule has 2 heterocycles. The number of nitrogens with zero attached hydrogens (tertiary/aromatic N) is 2. The number of carbonyl (C=O) groups is 2. The summed E-state index contributed by atoms with van der Waals surface area (Å²) in [6.45, 7) is 1.01. The largest absolute Gasteiger partial charge is 0.496 e. The summed E-state index contributed by atoms with van der Waals surface area (Å²) in [6.07, 6.45) is 3.03. The van der Waals surface area contributed by atoms with Crippen LogP contribution in [-0.2, 0) is 4.79 Å². The average Bonchev–Trinajstić information content (AvgIpc) is 2.79. The van der Waals surface area contributed by atoms with Crippen molar-refractivity contribution < 1.29 is 14.3 Å². The molecule has 1 fully saturated rings. The van der Waals surface area contributed by atoms with Crippen molar-refractivity contribution in [3.05, 3.63) is 65.4 Å². The number of carbonyl (C=O) groups excluding carboxylic acids is 2. The van der Waals surface area contributed by atoms with Crippen LogP contribution in [0, 0.1) is 5.92 Å². The van der Waals surface area contributed by atoms with Gasteiger partial charge in [0, 0.05) is 24.0 Å². The molecule has 0 unspecified atom stereocenters. The van der Waals surface area contributed by atoms with Gasteiger partial charge in [0.25, 0.3) is 5.91 Å². The Kier molecular flexibility index (Phi) is 5.86. The van der Waals surface area contributed by atoms with Crippen LogP contribution in [0.3, 0.4) is 0 Å². The molecular weight excluding hydrogens is 402 g/mol. The Morgan fingerprint density at radius 2 is 1.93 bits per heavy atom. The molecule has 0 aliphatic carbocycles. The van der Waals surface area contributed by atoms with Gasteiger partial charge in [0.2, 0.25) is 5.91 Å². The summed E-state index contributed by atoms with van der Waals surface area (Å²) in [5, 5.41) is 4.98. The Morgan fingerprint density at radius 1 is 1.13 bits per heavy atom. The number of rotatable bonds is 4. The number of methoxy groups -OCH3 is 1. The molecule has 0 spiro atoms. The zero-order valence-corrected chi connectivity index (χ0v) is 17.4. The first kappa shape index (κ1) is 20.2. The highest BCUT2D eigenvalue weighted by molar-refractivity contribution is 6.29. The lowest BCUT2D eigenvalue weighted by atomic mass is 9.95. The Hall–Kier alpha value is -3.12. The SMILES string of the molecule is COc1ccc(C(=O)N2CCC[C@H](C(=O)Nc3ccc(Cl)nc3)C2)c2ccccc12. The standard InChI is InChI=1S/C23H22ClN3O3/c1-30-20-10-9-19(17-6-2-3-7-18(17)20)23(29)27-12-4-5-15(14-27)22(28)26-16-8-11-21(24)25-13-16/h2-3,6-11,13,15H,4-5,12,14H2,1H3,(H,26,28)/t15-/m0/s1. The molecule has 0 bridgehead atoms. The first-order valence-corrected chi connectivity index (χ1v) is 10.2. The molecule has 0 saturated carbocycles. The number of hydrogen-bond donors (Lipinski definition) is 1. The van der Waals surface area contributed by atoms with E-state index in [0.29, 0.717) is 29.5 Å². The molecule has 4 rings (SSSR count). The van der Waals surface area contributed by atoms with Crippen molar-refractivity contribution in [2.45, 2.75) is 12.8 Å². The van der Waals surface area contributed by atoms with E-state index in [1.165, 1.54) is 6.20 Å². The number of likely N-dealkylation sites (tertiary alicyclic amines) is 1. The molecule has 2 aromatic carbocycles. The van der Waals surface area contributed by atoms with E-state index in [9.17, 15) is 9.59 Å². The number of pyridine rings is 1. The Labute approximate surface area is 179 Å². The second-order valence-corrected chi connectivity index (χ2v) is 7.70. The molecule has 1 aliphatic rings. The Balaban J connectivity index is 1.52. The number of piperidine rings is 1. The third-order valence-corrected chi connectivity index (χ3v) is 5.63. The van der Waals surface area contributed by atoms with Crippen LogP contribution in [0.4, 0.5) is 5.69 Å². The van der Waals surface area contributed by atoms with Crippen molar-refractivity contribution in [1.29, 1.82) is 0 Å². The van der Waals surface area contributed by atoms with Crippen molar-refractivity contribution in [3.8, 4) is 5.75 Å². The fraction of sp³-hybridized carbons (Fsp3) is 0.261. The van der Waals surface area contributed by atoms with Gasteiger partial charge in [-0.25, -0.2) is 4.98 Å². The van der Waals surface area contributed by atoms with Gasteiger partial charge in [0.1, 0.15) is 10.9 Å². The first-order valence-electron chi connectivity index (χ1n) is 9.84. The second-order valence-electron chi connectivity index (χ2n) is 7.31. The van der Waals surface area contributed by atoms with Crippen LogP contribution in [0.15, 0.2) is 54.7 Å². The van der Waals surface area contributed by atoms with Gasteiger partial charge in [-0.15, -0.1) is 0 Å². The number of hydrogen-bond acceptors (Lipinski definition) is 4. The van der Waals surface area contributed by atoms with E-state index in [1.54, 1.807) is 30.2 Å². The highest BCUT2D eigenvalue weighted by Gasteiger charge is 2.29. The summed E-state index contributed by atoms with van der Waals surface area (Å²) >= 11 is 5.79. The van der Waals surface area contributed by atoms with Crippen molar-refractivity contribution in [2.75, 3.05) is 25.5 Å². The van der Waals surface area contributed by atoms with Crippen molar-refractivity contribution in [2.24, 2.45) is 5.92 Å². The number of anilines is 1. The molecule has 7 heteroatoms. The number of aromatic nitrogens is 1. The molecular formula is C23H22ClN3O3. The molecule has 2 amide bonds. The van der Waals surface area contributed by atoms with E-state index < -0.39 is 0 Å². The van der Waals surface area contributed by atoms with Crippen LogP contribution in [0.25, 0.3) is 10.8 Å². The number of fused-ring (bicyclic) bond motifs is 1. The molecule has 30 heavy (non-hydrogen) atoms. The van der Waals surface area contributed by atoms with E-state index in [0.717, 1.165) is 29.4 Å². The molecule has 1 N–H and O–H groups in total. The lowest BCUT2D eigenvalue weighted by molar-refractivity contribution is -0.121. The monoisotopic (exact) mass is 423 g/mol. The normalized spacial score (nSPS) is 16.3. The number of halogens is 1. The molecule has 1 saturated heterocycles.